The second-order valence-electron chi connectivity index (χ2n) is 4.58. The second-order valence-corrected chi connectivity index (χ2v) is 4.58. The lowest BCUT2D eigenvalue weighted by molar-refractivity contribution is -0.139. The highest BCUT2D eigenvalue weighted by Crippen LogP contribution is 2.45. The van der Waals surface area contributed by atoms with E-state index in [-0.39, 0.29) is 5.92 Å². The van der Waals surface area contributed by atoms with E-state index >= 15 is 0 Å². The maximum atomic E-state index is 11.4. The number of carbonyl (C=O) groups is 1. The molecule has 1 atom stereocenters. The van der Waals surface area contributed by atoms with Gasteiger partial charge < -0.3 is 9.84 Å². The fraction of sp³-hybridized carbons (Fsp3) is 0.500. The van der Waals surface area contributed by atoms with Crippen molar-refractivity contribution in [3.63, 3.8) is 0 Å². The Labute approximate surface area is 101 Å². The Bertz CT molecular complexity index is 421. The molecule has 1 aliphatic carbocycles. The van der Waals surface area contributed by atoms with Crippen molar-refractivity contribution in [3.8, 4) is 5.75 Å². The zero-order valence-electron chi connectivity index (χ0n) is 10.3. The minimum atomic E-state index is -0.737. The van der Waals surface area contributed by atoms with Crippen LogP contribution in [0.5, 0.6) is 5.75 Å². The molecule has 1 saturated carbocycles. The van der Waals surface area contributed by atoms with E-state index in [1.54, 1.807) is 7.11 Å². The zero-order chi connectivity index (χ0) is 12.4. The van der Waals surface area contributed by atoms with Gasteiger partial charge in [-0.2, -0.15) is 0 Å². The van der Waals surface area contributed by atoms with Crippen LogP contribution in [0, 0.1) is 5.92 Å². The van der Waals surface area contributed by atoms with Gasteiger partial charge in [0, 0.05) is 5.56 Å². The summed E-state index contributed by atoms with van der Waals surface area (Å²) in [5.41, 5.74) is 1.99. The number of carboxylic acids is 1. The molecule has 1 aliphatic rings. The summed E-state index contributed by atoms with van der Waals surface area (Å²) >= 11 is 0. The van der Waals surface area contributed by atoms with Crippen LogP contribution in [0.4, 0.5) is 0 Å². The molecule has 0 heterocycles. The number of benzene rings is 1. The highest BCUT2D eigenvalue weighted by Gasteiger charge is 2.38. The van der Waals surface area contributed by atoms with Gasteiger partial charge in [-0.1, -0.05) is 19.1 Å². The molecular formula is C14H18O3. The van der Waals surface area contributed by atoms with E-state index in [0.717, 1.165) is 30.4 Å². The third-order valence-corrected chi connectivity index (χ3v) is 3.40. The second kappa shape index (κ2) is 4.78. The molecule has 0 aliphatic heterocycles. The Kier molecular flexibility index (Phi) is 3.36. The molecule has 0 aromatic heterocycles. The number of ether oxygens (including phenoxy) is 1. The standard InChI is InChI=1S/C14H18O3/c1-3-9-4-7-12(17-2)11(8-9)13(14(15)16)10-5-6-10/h4,7-8,10,13H,3,5-6H2,1-2H3,(H,15,16). The molecule has 1 aromatic rings. The van der Waals surface area contributed by atoms with Crippen LogP contribution in [0.15, 0.2) is 18.2 Å². The van der Waals surface area contributed by atoms with Crippen molar-refractivity contribution in [2.45, 2.75) is 32.1 Å². The Hall–Kier alpha value is -1.51. The van der Waals surface area contributed by atoms with Gasteiger partial charge in [-0.3, -0.25) is 4.79 Å². The van der Waals surface area contributed by atoms with Crippen molar-refractivity contribution in [2.75, 3.05) is 7.11 Å². The van der Waals surface area contributed by atoms with Crippen LogP contribution in [0.1, 0.15) is 36.8 Å². The van der Waals surface area contributed by atoms with Crippen LogP contribution in [0.2, 0.25) is 0 Å². The quantitative estimate of drug-likeness (QED) is 0.852. The number of hydrogen-bond acceptors (Lipinski definition) is 2. The van der Waals surface area contributed by atoms with Gasteiger partial charge in [-0.05, 0) is 36.8 Å². The first-order chi connectivity index (χ1) is 8.17. The van der Waals surface area contributed by atoms with Gasteiger partial charge in [0.15, 0.2) is 0 Å². The number of carboxylic acid groups (broad SMARTS) is 1. The van der Waals surface area contributed by atoms with Gasteiger partial charge >= 0.3 is 5.97 Å². The molecule has 1 N–H and O–H groups in total. The van der Waals surface area contributed by atoms with Crippen molar-refractivity contribution in [2.24, 2.45) is 5.92 Å². The number of aryl methyl sites for hydroxylation is 1. The smallest absolute Gasteiger partial charge is 0.311 e. The summed E-state index contributed by atoms with van der Waals surface area (Å²) < 4.78 is 5.29. The predicted molar refractivity (Wildman–Crippen MR) is 65.5 cm³/mol. The lowest BCUT2D eigenvalue weighted by Crippen LogP contribution is -2.15. The van der Waals surface area contributed by atoms with Gasteiger partial charge in [-0.15, -0.1) is 0 Å². The summed E-state index contributed by atoms with van der Waals surface area (Å²) in [6.45, 7) is 2.07. The first-order valence-electron chi connectivity index (χ1n) is 6.07. The lowest BCUT2D eigenvalue weighted by Gasteiger charge is -2.16. The molecule has 3 nitrogen and oxygen atoms in total. The first-order valence-corrected chi connectivity index (χ1v) is 6.07. The van der Waals surface area contributed by atoms with E-state index in [0.29, 0.717) is 5.75 Å². The minimum Gasteiger partial charge on any atom is -0.496 e. The molecule has 1 aromatic carbocycles. The molecule has 17 heavy (non-hydrogen) atoms. The Morgan fingerprint density at radius 2 is 2.24 bits per heavy atom. The molecule has 2 rings (SSSR count). The Morgan fingerprint density at radius 3 is 2.71 bits per heavy atom. The fourth-order valence-corrected chi connectivity index (χ4v) is 2.26. The van der Waals surface area contributed by atoms with E-state index < -0.39 is 11.9 Å². The molecule has 0 radical (unpaired) electrons. The topological polar surface area (TPSA) is 46.5 Å². The summed E-state index contributed by atoms with van der Waals surface area (Å²) in [6.07, 6.45) is 2.93. The maximum Gasteiger partial charge on any atom is 0.311 e. The summed E-state index contributed by atoms with van der Waals surface area (Å²) in [6, 6.07) is 5.86. The Balaban J connectivity index is 2.42. The molecule has 0 bridgehead atoms. The molecule has 0 spiro atoms. The molecule has 1 unspecified atom stereocenters. The van der Waals surface area contributed by atoms with Crippen molar-refractivity contribution < 1.29 is 14.6 Å². The largest absolute Gasteiger partial charge is 0.496 e. The van der Waals surface area contributed by atoms with Crippen LogP contribution >= 0.6 is 0 Å². The van der Waals surface area contributed by atoms with Crippen molar-refractivity contribution in [1.29, 1.82) is 0 Å². The molecule has 0 amide bonds. The lowest BCUT2D eigenvalue weighted by atomic mass is 9.91. The zero-order valence-corrected chi connectivity index (χ0v) is 10.3. The average Bonchev–Trinajstić information content (AvgIpc) is 3.13. The number of methoxy groups -OCH3 is 1. The Morgan fingerprint density at radius 1 is 1.53 bits per heavy atom. The van der Waals surface area contributed by atoms with Gasteiger partial charge in [-0.25, -0.2) is 0 Å². The molecule has 1 fully saturated rings. The number of hydrogen-bond donors (Lipinski definition) is 1. The SMILES string of the molecule is CCc1ccc(OC)c(C(C(=O)O)C2CC2)c1. The fourth-order valence-electron chi connectivity index (χ4n) is 2.26. The van der Waals surface area contributed by atoms with Crippen LogP contribution in [0.25, 0.3) is 0 Å². The summed E-state index contributed by atoms with van der Waals surface area (Å²) in [7, 11) is 1.59. The highest BCUT2D eigenvalue weighted by atomic mass is 16.5. The first kappa shape index (κ1) is 12.0. The number of aliphatic carboxylic acids is 1. The monoisotopic (exact) mass is 234 g/mol. The van der Waals surface area contributed by atoms with Gasteiger partial charge in [0.2, 0.25) is 0 Å². The molecular weight excluding hydrogens is 216 g/mol. The maximum absolute atomic E-state index is 11.4. The van der Waals surface area contributed by atoms with E-state index in [2.05, 4.69) is 6.92 Å². The third-order valence-electron chi connectivity index (χ3n) is 3.40. The van der Waals surface area contributed by atoms with Gasteiger partial charge in [0.1, 0.15) is 5.75 Å². The van der Waals surface area contributed by atoms with Crippen molar-refractivity contribution >= 4 is 5.97 Å². The van der Waals surface area contributed by atoms with Crippen LogP contribution in [-0.4, -0.2) is 18.2 Å². The molecule has 0 saturated heterocycles. The summed E-state index contributed by atoms with van der Waals surface area (Å²) in [4.78, 5) is 11.4. The van der Waals surface area contributed by atoms with E-state index in [1.807, 2.05) is 18.2 Å². The van der Waals surface area contributed by atoms with E-state index in [1.165, 1.54) is 0 Å². The van der Waals surface area contributed by atoms with Crippen LogP contribution < -0.4 is 4.74 Å². The van der Waals surface area contributed by atoms with Crippen molar-refractivity contribution in [3.05, 3.63) is 29.3 Å². The van der Waals surface area contributed by atoms with Crippen LogP contribution in [0.3, 0.4) is 0 Å². The van der Waals surface area contributed by atoms with Crippen molar-refractivity contribution in [1.82, 2.24) is 0 Å². The van der Waals surface area contributed by atoms with Gasteiger partial charge in [0.05, 0.1) is 13.0 Å². The third kappa shape index (κ3) is 2.43. The highest BCUT2D eigenvalue weighted by molar-refractivity contribution is 5.78. The molecule has 3 heteroatoms. The van der Waals surface area contributed by atoms with E-state index in [9.17, 15) is 9.90 Å². The predicted octanol–water partition coefficient (Wildman–Crippen LogP) is 2.84. The van der Waals surface area contributed by atoms with Crippen LogP contribution in [-0.2, 0) is 11.2 Å². The average molecular weight is 234 g/mol. The van der Waals surface area contributed by atoms with E-state index in [4.69, 9.17) is 4.74 Å². The van der Waals surface area contributed by atoms with Gasteiger partial charge in [0.25, 0.3) is 0 Å². The summed E-state index contributed by atoms with van der Waals surface area (Å²) in [5.74, 6) is -0.162. The minimum absolute atomic E-state index is 0.286. The summed E-state index contributed by atoms with van der Waals surface area (Å²) in [5, 5.41) is 9.37. The normalized spacial score (nSPS) is 16.6. The molecule has 92 valence electrons. The number of rotatable bonds is 5.